The van der Waals surface area contributed by atoms with Crippen LogP contribution in [0.1, 0.15) is 90.9 Å². The van der Waals surface area contributed by atoms with Crippen LogP contribution in [-0.4, -0.2) is 50.8 Å². The van der Waals surface area contributed by atoms with E-state index < -0.39 is 0 Å². The van der Waals surface area contributed by atoms with Gasteiger partial charge in [-0.1, -0.05) is 77.7 Å². The van der Waals surface area contributed by atoms with Gasteiger partial charge >= 0.3 is 0 Å². The van der Waals surface area contributed by atoms with Gasteiger partial charge < -0.3 is 24.4 Å². The molecule has 0 saturated heterocycles. The maximum absolute atomic E-state index is 12.2. The molecular weight excluding hydrogens is 464 g/mol. The van der Waals surface area contributed by atoms with Gasteiger partial charge in [-0.2, -0.15) is 0 Å². The maximum atomic E-state index is 12.2. The molecule has 1 heterocycles. The third-order valence-electron chi connectivity index (χ3n) is 6.59. The Morgan fingerprint density at radius 2 is 1.65 bits per heavy atom. The van der Waals surface area contributed by atoms with Gasteiger partial charge in [-0.15, -0.1) is 0 Å². The highest BCUT2D eigenvalue weighted by atomic mass is 16.5. The van der Waals surface area contributed by atoms with Crippen molar-refractivity contribution in [3.63, 3.8) is 0 Å². The highest BCUT2D eigenvalue weighted by molar-refractivity contribution is 5.77. The molecule has 0 unspecified atom stereocenters. The van der Waals surface area contributed by atoms with Gasteiger partial charge in [0, 0.05) is 25.7 Å². The molecule has 1 N–H and O–H groups in total. The summed E-state index contributed by atoms with van der Waals surface area (Å²) in [6.45, 7) is 7.71. The Bertz CT molecular complexity index is 821. The molecule has 1 aliphatic heterocycles. The molecule has 0 spiro atoms. The Morgan fingerprint density at radius 1 is 0.919 bits per heavy atom. The van der Waals surface area contributed by atoms with Gasteiger partial charge in [0.25, 0.3) is 5.91 Å². The quantitative estimate of drug-likeness (QED) is 0.178. The first-order valence-electron chi connectivity index (χ1n) is 14.5. The predicted octanol–water partition coefficient (Wildman–Crippen LogP) is 7.05. The average molecular weight is 515 g/mol. The lowest BCUT2D eigenvalue weighted by molar-refractivity contribution is -0.123. The molecule has 0 radical (unpaired) electrons. The van der Waals surface area contributed by atoms with Gasteiger partial charge in [0.1, 0.15) is 5.75 Å². The molecule has 0 atom stereocenters. The van der Waals surface area contributed by atoms with Crippen LogP contribution < -0.4 is 19.5 Å². The third kappa shape index (κ3) is 13.5. The first-order valence-corrected chi connectivity index (χ1v) is 14.5. The zero-order valence-corrected chi connectivity index (χ0v) is 23.6. The van der Waals surface area contributed by atoms with Crippen LogP contribution in [-0.2, 0) is 4.79 Å². The fourth-order valence-corrected chi connectivity index (χ4v) is 4.38. The summed E-state index contributed by atoms with van der Waals surface area (Å²) < 4.78 is 17.1. The molecule has 1 aliphatic rings. The standard InChI is InChI=1S/C31H50N2O4/c1-4-6-7-8-9-10-11-12-13-14-24-36-29-16-15-28(25-30(29)35-3)37-26-31(34)32-20-17-27-18-22-33(21-5-2)23-19-27/h15-16,18-19,22,25H,4-14,17,20-21,23-24,26H2,1-3H3,(H,32,34). The molecule has 208 valence electrons. The fourth-order valence-electron chi connectivity index (χ4n) is 4.38. The number of unbranched alkanes of at least 4 members (excludes halogenated alkanes) is 9. The fraction of sp³-hybridized carbons (Fsp3) is 0.645. The lowest BCUT2D eigenvalue weighted by atomic mass is 10.1. The minimum Gasteiger partial charge on any atom is -0.493 e. The summed E-state index contributed by atoms with van der Waals surface area (Å²) >= 11 is 0. The van der Waals surface area contributed by atoms with Crippen LogP contribution in [0.15, 0.2) is 42.1 Å². The number of carbonyl (C=O) groups is 1. The second kappa shape index (κ2) is 19.5. The summed E-state index contributed by atoms with van der Waals surface area (Å²) in [4.78, 5) is 14.5. The number of methoxy groups -OCH3 is 1. The normalized spacial score (nSPS) is 12.8. The molecule has 6 nitrogen and oxygen atoms in total. The smallest absolute Gasteiger partial charge is 0.257 e. The second-order valence-corrected chi connectivity index (χ2v) is 9.82. The summed E-state index contributed by atoms with van der Waals surface area (Å²) in [5, 5.41) is 2.93. The van der Waals surface area contributed by atoms with Crippen LogP contribution in [0.5, 0.6) is 17.2 Å². The van der Waals surface area contributed by atoms with Crippen LogP contribution in [0.4, 0.5) is 0 Å². The summed E-state index contributed by atoms with van der Waals surface area (Å²) in [5.74, 6) is 1.79. The molecule has 6 heteroatoms. The number of benzene rings is 1. The Hall–Kier alpha value is -2.63. The zero-order chi connectivity index (χ0) is 26.6. The van der Waals surface area contributed by atoms with Crippen molar-refractivity contribution >= 4 is 5.91 Å². The number of amides is 1. The molecule has 0 aromatic heterocycles. The summed E-state index contributed by atoms with van der Waals surface area (Å²) in [6, 6.07) is 5.45. The summed E-state index contributed by atoms with van der Waals surface area (Å²) in [7, 11) is 1.62. The highest BCUT2D eigenvalue weighted by Crippen LogP contribution is 2.31. The minimum absolute atomic E-state index is 0.0267. The number of hydrogen-bond donors (Lipinski definition) is 1. The maximum Gasteiger partial charge on any atom is 0.257 e. The number of carbonyl (C=O) groups excluding carboxylic acids is 1. The highest BCUT2D eigenvalue weighted by Gasteiger charge is 2.09. The Kier molecular flexibility index (Phi) is 16.1. The van der Waals surface area contributed by atoms with E-state index in [1.807, 2.05) is 12.1 Å². The Balaban J connectivity index is 1.58. The predicted molar refractivity (Wildman–Crippen MR) is 153 cm³/mol. The van der Waals surface area contributed by atoms with Crippen molar-refractivity contribution in [2.45, 2.75) is 90.9 Å². The molecule has 1 amide bonds. The number of rotatable bonds is 21. The molecule has 0 saturated carbocycles. The largest absolute Gasteiger partial charge is 0.493 e. The molecule has 0 fully saturated rings. The van der Waals surface area contributed by atoms with Gasteiger partial charge in [0.15, 0.2) is 18.1 Å². The van der Waals surface area contributed by atoms with E-state index in [0.717, 1.165) is 32.4 Å². The van der Waals surface area contributed by atoms with Gasteiger partial charge in [0.2, 0.25) is 0 Å². The third-order valence-corrected chi connectivity index (χ3v) is 6.59. The van der Waals surface area contributed by atoms with Crippen molar-refractivity contribution in [2.24, 2.45) is 0 Å². The average Bonchev–Trinajstić information content (AvgIpc) is 2.92. The van der Waals surface area contributed by atoms with Gasteiger partial charge in [-0.3, -0.25) is 4.79 Å². The first-order chi connectivity index (χ1) is 18.2. The van der Waals surface area contributed by atoms with E-state index in [1.54, 1.807) is 13.2 Å². The van der Waals surface area contributed by atoms with Gasteiger partial charge in [-0.25, -0.2) is 0 Å². The summed E-state index contributed by atoms with van der Waals surface area (Å²) in [6.07, 6.45) is 21.5. The molecule has 1 aromatic rings. The van der Waals surface area contributed by atoms with Crippen molar-refractivity contribution in [3.8, 4) is 17.2 Å². The topological polar surface area (TPSA) is 60.0 Å². The number of nitrogens with one attached hydrogen (secondary N) is 1. The lowest BCUT2D eigenvalue weighted by Gasteiger charge is -2.22. The van der Waals surface area contributed by atoms with E-state index in [4.69, 9.17) is 14.2 Å². The molecule has 0 aliphatic carbocycles. The second-order valence-electron chi connectivity index (χ2n) is 9.82. The van der Waals surface area contributed by atoms with E-state index in [1.165, 1.54) is 63.4 Å². The van der Waals surface area contributed by atoms with E-state index in [0.29, 0.717) is 30.4 Å². The Labute approximate surface area is 225 Å². The van der Waals surface area contributed by atoms with Crippen LogP contribution in [0.2, 0.25) is 0 Å². The number of ether oxygens (including phenoxy) is 3. The van der Waals surface area contributed by atoms with Gasteiger partial charge in [0.05, 0.1) is 13.7 Å². The van der Waals surface area contributed by atoms with Crippen LogP contribution in [0, 0.1) is 0 Å². The summed E-state index contributed by atoms with van der Waals surface area (Å²) in [5.41, 5.74) is 1.26. The van der Waals surface area contributed by atoms with Gasteiger partial charge in [-0.05, 0) is 49.2 Å². The number of allylic oxidation sites excluding steroid dienone is 1. The molecular formula is C31H50N2O4. The lowest BCUT2D eigenvalue weighted by Crippen LogP contribution is -2.30. The molecule has 2 rings (SSSR count). The van der Waals surface area contributed by atoms with Crippen molar-refractivity contribution in [3.05, 3.63) is 42.1 Å². The van der Waals surface area contributed by atoms with E-state index in [-0.39, 0.29) is 12.5 Å². The van der Waals surface area contributed by atoms with Crippen LogP contribution in [0.25, 0.3) is 0 Å². The zero-order valence-electron chi connectivity index (χ0n) is 23.6. The van der Waals surface area contributed by atoms with Crippen molar-refractivity contribution < 1.29 is 19.0 Å². The minimum atomic E-state index is -0.131. The number of hydrogen-bond acceptors (Lipinski definition) is 5. The molecule has 0 bridgehead atoms. The van der Waals surface area contributed by atoms with E-state index >= 15 is 0 Å². The van der Waals surface area contributed by atoms with Crippen LogP contribution in [0.3, 0.4) is 0 Å². The van der Waals surface area contributed by atoms with E-state index in [2.05, 4.69) is 42.4 Å². The molecule has 1 aromatic carbocycles. The number of nitrogens with zero attached hydrogens (tertiary/aromatic N) is 1. The van der Waals surface area contributed by atoms with Crippen molar-refractivity contribution in [2.75, 3.05) is 40.0 Å². The van der Waals surface area contributed by atoms with E-state index in [9.17, 15) is 4.79 Å². The SMILES string of the molecule is CCCCCCCCCCCCOc1ccc(OCC(=O)NCCC2=CCN(CCC)C=C2)cc1OC. The molecule has 37 heavy (non-hydrogen) atoms. The monoisotopic (exact) mass is 514 g/mol. The Morgan fingerprint density at radius 3 is 2.30 bits per heavy atom. The van der Waals surface area contributed by atoms with Crippen molar-refractivity contribution in [1.82, 2.24) is 10.2 Å². The van der Waals surface area contributed by atoms with Crippen LogP contribution >= 0.6 is 0 Å². The van der Waals surface area contributed by atoms with Crippen molar-refractivity contribution in [1.29, 1.82) is 0 Å². The first kappa shape index (κ1) is 30.6.